The first-order chi connectivity index (χ1) is 13.1. The average Bonchev–Trinajstić information content (AvgIpc) is 2.66. The van der Waals surface area contributed by atoms with E-state index in [1.807, 2.05) is 19.1 Å². The molecule has 0 saturated heterocycles. The Bertz CT molecular complexity index is 541. The van der Waals surface area contributed by atoms with Crippen LogP contribution in [0.4, 0.5) is 5.69 Å². The smallest absolute Gasteiger partial charge is 0.338 e. The molecule has 0 spiro atoms. The Hall–Kier alpha value is -1.21. The van der Waals surface area contributed by atoms with Crippen molar-refractivity contribution in [2.75, 3.05) is 24.2 Å². The molecule has 0 aliphatic heterocycles. The molecule has 0 aromatic heterocycles. The second-order valence-corrected chi connectivity index (χ2v) is 7.76. The SMILES string of the molecule is Br.CCOC(=O)c1ccc(NCCCCCCCCCCCSC(=N)N)cc1. The maximum absolute atomic E-state index is 11.6. The van der Waals surface area contributed by atoms with Crippen LogP contribution in [0.15, 0.2) is 24.3 Å². The van der Waals surface area contributed by atoms with E-state index in [2.05, 4.69) is 5.32 Å². The molecule has 160 valence electrons. The van der Waals surface area contributed by atoms with Gasteiger partial charge in [0.1, 0.15) is 0 Å². The lowest BCUT2D eigenvalue weighted by Gasteiger charge is -2.07. The molecule has 0 atom stereocenters. The molecule has 5 nitrogen and oxygen atoms in total. The Morgan fingerprint density at radius 2 is 1.54 bits per heavy atom. The van der Waals surface area contributed by atoms with Gasteiger partial charge in [-0.2, -0.15) is 0 Å². The van der Waals surface area contributed by atoms with Gasteiger partial charge in [0.15, 0.2) is 5.17 Å². The molecule has 0 unspecified atom stereocenters. The minimum atomic E-state index is -0.265. The van der Waals surface area contributed by atoms with E-state index >= 15 is 0 Å². The predicted octanol–water partition coefficient (Wildman–Crippen LogP) is 5.99. The number of esters is 1. The normalized spacial score (nSPS) is 10.2. The zero-order valence-electron chi connectivity index (χ0n) is 17.0. The summed E-state index contributed by atoms with van der Waals surface area (Å²) in [7, 11) is 0. The number of anilines is 1. The van der Waals surface area contributed by atoms with E-state index in [-0.39, 0.29) is 28.1 Å². The van der Waals surface area contributed by atoms with Crippen molar-refractivity contribution in [2.45, 2.75) is 64.7 Å². The van der Waals surface area contributed by atoms with E-state index in [1.165, 1.54) is 63.1 Å². The third kappa shape index (κ3) is 13.9. The lowest BCUT2D eigenvalue weighted by molar-refractivity contribution is 0.0526. The molecule has 0 heterocycles. The molecule has 1 aromatic rings. The van der Waals surface area contributed by atoms with Gasteiger partial charge in [-0.1, -0.05) is 56.7 Å². The highest BCUT2D eigenvalue weighted by molar-refractivity contribution is 8.93. The molecule has 0 fully saturated rings. The van der Waals surface area contributed by atoms with E-state index in [1.54, 1.807) is 12.1 Å². The number of hydrogen-bond acceptors (Lipinski definition) is 5. The van der Waals surface area contributed by atoms with Gasteiger partial charge in [0.25, 0.3) is 0 Å². The number of nitrogens with one attached hydrogen (secondary N) is 2. The molecule has 1 aromatic carbocycles. The highest BCUT2D eigenvalue weighted by atomic mass is 79.9. The molecular formula is C21H36BrN3O2S. The number of unbranched alkanes of at least 4 members (excludes halogenated alkanes) is 8. The summed E-state index contributed by atoms with van der Waals surface area (Å²) in [6, 6.07) is 7.47. The van der Waals surface area contributed by atoms with Gasteiger partial charge in [-0.05, 0) is 44.0 Å². The van der Waals surface area contributed by atoms with Gasteiger partial charge in [0, 0.05) is 18.0 Å². The fourth-order valence-corrected chi connectivity index (χ4v) is 3.39. The largest absolute Gasteiger partial charge is 0.462 e. The first kappa shape index (κ1) is 26.8. The lowest BCUT2D eigenvalue weighted by Crippen LogP contribution is -2.05. The molecule has 0 saturated carbocycles. The Kier molecular flexibility index (Phi) is 17.1. The van der Waals surface area contributed by atoms with Gasteiger partial charge in [-0.3, -0.25) is 5.41 Å². The number of benzene rings is 1. The monoisotopic (exact) mass is 473 g/mol. The van der Waals surface area contributed by atoms with E-state index in [0.717, 1.165) is 24.4 Å². The van der Waals surface area contributed by atoms with Crippen LogP contribution in [0.25, 0.3) is 0 Å². The van der Waals surface area contributed by atoms with Gasteiger partial charge < -0.3 is 15.8 Å². The summed E-state index contributed by atoms with van der Waals surface area (Å²) >= 11 is 1.45. The fourth-order valence-electron chi connectivity index (χ4n) is 2.82. The summed E-state index contributed by atoms with van der Waals surface area (Å²) in [4.78, 5) is 11.6. The van der Waals surface area contributed by atoms with E-state index in [9.17, 15) is 4.79 Å². The Morgan fingerprint density at radius 1 is 1.00 bits per heavy atom. The van der Waals surface area contributed by atoms with Crippen molar-refractivity contribution < 1.29 is 9.53 Å². The van der Waals surface area contributed by atoms with Crippen LogP contribution in [0.3, 0.4) is 0 Å². The summed E-state index contributed by atoms with van der Waals surface area (Å²) < 4.78 is 4.98. The average molecular weight is 475 g/mol. The molecule has 0 radical (unpaired) electrons. The van der Waals surface area contributed by atoms with Crippen molar-refractivity contribution >= 4 is 45.6 Å². The van der Waals surface area contributed by atoms with Crippen LogP contribution in [-0.4, -0.2) is 30.0 Å². The molecule has 0 amide bonds. The van der Waals surface area contributed by atoms with Gasteiger partial charge in [-0.15, -0.1) is 17.0 Å². The second-order valence-electron chi connectivity index (χ2n) is 6.62. The number of nitrogens with two attached hydrogens (primary N) is 1. The van der Waals surface area contributed by atoms with Gasteiger partial charge in [0.2, 0.25) is 0 Å². The van der Waals surface area contributed by atoms with Crippen LogP contribution in [0.2, 0.25) is 0 Å². The topological polar surface area (TPSA) is 88.2 Å². The summed E-state index contributed by atoms with van der Waals surface area (Å²) in [6.45, 7) is 3.18. The van der Waals surface area contributed by atoms with Crippen molar-refractivity contribution in [3.05, 3.63) is 29.8 Å². The molecule has 0 aliphatic carbocycles. The van der Waals surface area contributed by atoms with E-state index < -0.39 is 0 Å². The standard InChI is InChI=1S/C21H35N3O2S.BrH/c1-2-26-20(25)18-12-14-19(15-13-18)24-16-10-8-6-4-3-5-7-9-11-17-27-21(22)23;/h12-15,24H,2-11,16-17H2,1H3,(H3,22,23);1H. The highest BCUT2D eigenvalue weighted by Gasteiger charge is 2.05. The Balaban J connectivity index is 0.00000729. The van der Waals surface area contributed by atoms with Crippen LogP contribution < -0.4 is 11.1 Å². The number of ether oxygens (including phenoxy) is 1. The third-order valence-corrected chi connectivity index (χ3v) is 5.11. The molecule has 28 heavy (non-hydrogen) atoms. The molecule has 0 aliphatic rings. The van der Waals surface area contributed by atoms with Crippen LogP contribution in [0.5, 0.6) is 0 Å². The van der Waals surface area contributed by atoms with Gasteiger partial charge >= 0.3 is 5.97 Å². The minimum Gasteiger partial charge on any atom is -0.462 e. The van der Waals surface area contributed by atoms with Gasteiger partial charge in [0.05, 0.1) is 12.2 Å². The number of hydrogen-bond donors (Lipinski definition) is 3. The number of halogens is 1. The van der Waals surface area contributed by atoms with Crippen LogP contribution in [0, 0.1) is 5.41 Å². The molecule has 7 heteroatoms. The zero-order chi connectivity index (χ0) is 19.7. The molecule has 1 rings (SSSR count). The molecule has 0 bridgehead atoms. The maximum atomic E-state index is 11.6. The minimum absolute atomic E-state index is 0. The number of amidine groups is 1. The van der Waals surface area contributed by atoms with Crippen molar-refractivity contribution in [3.8, 4) is 0 Å². The number of thioether (sulfide) groups is 1. The summed E-state index contributed by atoms with van der Waals surface area (Å²) in [5, 5.41) is 10.8. The molecular weight excluding hydrogens is 438 g/mol. The van der Waals surface area contributed by atoms with Crippen molar-refractivity contribution in [3.63, 3.8) is 0 Å². The van der Waals surface area contributed by atoms with Crippen molar-refractivity contribution in [1.29, 1.82) is 5.41 Å². The maximum Gasteiger partial charge on any atom is 0.338 e. The zero-order valence-corrected chi connectivity index (χ0v) is 19.5. The number of carbonyl (C=O) groups excluding carboxylic acids is 1. The highest BCUT2D eigenvalue weighted by Crippen LogP contribution is 2.13. The number of carbonyl (C=O) groups is 1. The summed E-state index contributed by atoms with van der Waals surface area (Å²) in [5.41, 5.74) is 6.95. The second kappa shape index (κ2) is 17.9. The summed E-state index contributed by atoms with van der Waals surface area (Å²) in [5.74, 6) is 0.715. The third-order valence-electron chi connectivity index (χ3n) is 4.30. The van der Waals surface area contributed by atoms with E-state index in [0.29, 0.717) is 12.2 Å². The Labute approximate surface area is 184 Å². The van der Waals surface area contributed by atoms with Crippen LogP contribution in [0.1, 0.15) is 75.1 Å². The number of rotatable bonds is 15. The van der Waals surface area contributed by atoms with Crippen LogP contribution in [-0.2, 0) is 4.74 Å². The quantitative estimate of drug-likeness (QED) is 0.126. The van der Waals surface area contributed by atoms with E-state index in [4.69, 9.17) is 15.9 Å². The van der Waals surface area contributed by atoms with Crippen molar-refractivity contribution in [1.82, 2.24) is 0 Å². The van der Waals surface area contributed by atoms with Gasteiger partial charge in [-0.25, -0.2) is 4.79 Å². The lowest BCUT2D eigenvalue weighted by atomic mass is 10.1. The van der Waals surface area contributed by atoms with Crippen LogP contribution >= 0.6 is 28.7 Å². The summed E-state index contributed by atoms with van der Waals surface area (Å²) in [6.07, 6.45) is 11.4. The fraction of sp³-hybridized carbons (Fsp3) is 0.619. The first-order valence-corrected chi connectivity index (χ1v) is 11.1. The predicted molar refractivity (Wildman–Crippen MR) is 127 cm³/mol. The van der Waals surface area contributed by atoms with Crippen molar-refractivity contribution in [2.24, 2.45) is 5.73 Å². The first-order valence-electron chi connectivity index (χ1n) is 10.1. The molecule has 4 N–H and O–H groups in total. The Morgan fingerprint density at radius 3 is 2.07 bits per heavy atom.